The van der Waals surface area contributed by atoms with Gasteiger partial charge in [0.05, 0.1) is 28.0 Å². The molecule has 2 aromatic carbocycles. The van der Waals surface area contributed by atoms with Crippen molar-refractivity contribution >= 4 is 17.2 Å². The van der Waals surface area contributed by atoms with Gasteiger partial charge < -0.3 is 4.90 Å². The number of aromatic nitrogens is 4. The van der Waals surface area contributed by atoms with Crippen molar-refractivity contribution in [1.29, 1.82) is 0 Å². The van der Waals surface area contributed by atoms with Crippen LogP contribution >= 0.6 is 11.3 Å². The molecule has 2 aromatic heterocycles. The monoisotopic (exact) mass is 447 g/mol. The van der Waals surface area contributed by atoms with Crippen LogP contribution in [0.4, 0.5) is 4.39 Å². The fourth-order valence-electron chi connectivity index (χ4n) is 4.25. The third kappa shape index (κ3) is 4.05. The molecular weight excluding hydrogens is 425 g/mol. The third-order valence-corrected chi connectivity index (χ3v) is 6.73. The summed E-state index contributed by atoms with van der Waals surface area (Å²) in [5.74, 6) is -0.351. The van der Waals surface area contributed by atoms with E-state index >= 15 is 0 Å². The van der Waals surface area contributed by atoms with Crippen LogP contribution in [0.3, 0.4) is 0 Å². The van der Waals surface area contributed by atoms with Crippen LogP contribution in [0.15, 0.2) is 60.9 Å². The zero-order chi connectivity index (χ0) is 22.1. The van der Waals surface area contributed by atoms with E-state index in [0.29, 0.717) is 12.2 Å². The van der Waals surface area contributed by atoms with Gasteiger partial charge in [0.2, 0.25) is 0 Å². The van der Waals surface area contributed by atoms with Crippen molar-refractivity contribution in [1.82, 2.24) is 24.9 Å². The zero-order valence-corrected chi connectivity index (χ0v) is 18.4. The summed E-state index contributed by atoms with van der Waals surface area (Å²) in [6.07, 6.45) is 5.98. The molecule has 162 valence electrons. The summed E-state index contributed by atoms with van der Waals surface area (Å²) >= 11 is 1.47. The summed E-state index contributed by atoms with van der Waals surface area (Å²) in [5, 5.41) is 9.22. The standard InChI is InChI=1S/C24H22FN5OS/c1-16-28-22(23(32-16)18-7-9-19(25)10-8-18)24(31)29-13-3-6-20(29)14-17-4-2-5-21(15-17)30-26-11-12-27-30/h2,4-5,7-12,15,20H,3,6,13-14H2,1H3/t20-/m0/s1. The number of rotatable bonds is 5. The first-order valence-corrected chi connectivity index (χ1v) is 11.4. The molecule has 4 aromatic rings. The Labute approximate surface area is 189 Å². The number of carbonyl (C=O) groups is 1. The molecule has 1 amide bonds. The van der Waals surface area contributed by atoms with Gasteiger partial charge in [0.15, 0.2) is 0 Å². The van der Waals surface area contributed by atoms with E-state index in [1.807, 2.05) is 24.0 Å². The number of carbonyl (C=O) groups excluding carboxylic acids is 1. The Morgan fingerprint density at radius 2 is 1.94 bits per heavy atom. The number of nitrogens with zero attached hydrogens (tertiary/aromatic N) is 5. The Kier molecular flexibility index (Phi) is 5.53. The van der Waals surface area contributed by atoms with Gasteiger partial charge in [-0.15, -0.1) is 11.3 Å². The topological polar surface area (TPSA) is 63.9 Å². The summed E-state index contributed by atoms with van der Waals surface area (Å²) in [4.78, 5) is 22.4. The largest absolute Gasteiger partial charge is 0.334 e. The number of amides is 1. The van der Waals surface area contributed by atoms with E-state index in [2.05, 4.69) is 27.3 Å². The maximum absolute atomic E-state index is 13.5. The van der Waals surface area contributed by atoms with Gasteiger partial charge in [0.1, 0.15) is 11.5 Å². The minimum Gasteiger partial charge on any atom is -0.334 e. The molecule has 1 fully saturated rings. The summed E-state index contributed by atoms with van der Waals surface area (Å²) < 4.78 is 13.4. The maximum atomic E-state index is 13.5. The molecule has 0 bridgehead atoms. The number of hydrogen-bond donors (Lipinski definition) is 0. The van der Waals surface area contributed by atoms with Crippen molar-refractivity contribution in [3.05, 3.63) is 83.0 Å². The first-order valence-electron chi connectivity index (χ1n) is 10.6. The van der Waals surface area contributed by atoms with Gasteiger partial charge in [-0.1, -0.05) is 24.3 Å². The molecule has 6 nitrogen and oxygen atoms in total. The van der Waals surface area contributed by atoms with Crippen LogP contribution in [-0.2, 0) is 6.42 Å². The minimum absolute atomic E-state index is 0.0546. The van der Waals surface area contributed by atoms with Crippen LogP contribution in [0.2, 0.25) is 0 Å². The van der Waals surface area contributed by atoms with E-state index in [1.165, 1.54) is 23.5 Å². The number of benzene rings is 2. The number of hydrogen-bond acceptors (Lipinski definition) is 5. The highest BCUT2D eigenvalue weighted by Crippen LogP contribution is 2.33. The lowest BCUT2D eigenvalue weighted by atomic mass is 10.0. The molecule has 32 heavy (non-hydrogen) atoms. The van der Waals surface area contributed by atoms with Gasteiger partial charge in [0, 0.05) is 12.6 Å². The third-order valence-electron chi connectivity index (χ3n) is 5.71. The first-order chi connectivity index (χ1) is 15.6. The van der Waals surface area contributed by atoms with Gasteiger partial charge in [0.25, 0.3) is 5.91 Å². The van der Waals surface area contributed by atoms with Crippen molar-refractivity contribution < 1.29 is 9.18 Å². The SMILES string of the molecule is Cc1nc(C(=O)N2CCC[C@H]2Cc2cccc(-n3nccn3)c2)c(-c2ccc(F)cc2)s1. The van der Waals surface area contributed by atoms with Gasteiger partial charge in [-0.2, -0.15) is 15.0 Å². The fourth-order valence-corrected chi connectivity index (χ4v) is 5.17. The predicted molar refractivity (Wildman–Crippen MR) is 121 cm³/mol. The zero-order valence-electron chi connectivity index (χ0n) is 17.6. The van der Waals surface area contributed by atoms with Crippen molar-refractivity contribution in [2.24, 2.45) is 0 Å². The molecule has 0 saturated carbocycles. The van der Waals surface area contributed by atoms with Crippen molar-refractivity contribution in [3.8, 4) is 16.1 Å². The van der Waals surface area contributed by atoms with E-state index in [1.54, 1.807) is 29.3 Å². The van der Waals surface area contributed by atoms with Gasteiger partial charge in [-0.25, -0.2) is 9.37 Å². The molecule has 0 spiro atoms. The molecule has 0 N–H and O–H groups in total. The summed E-state index contributed by atoms with van der Waals surface area (Å²) in [7, 11) is 0. The number of halogens is 1. The molecule has 1 atom stereocenters. The second kappa shape index (κ2) is 8.63. The summed E-state index contributed by atoms with van der Waals surface area (Å²) in [6.45, 7) is 2.61. The Balaban J connectivity index is 1.39. The highest BCUT2D eigenvalue weighted by atomic mass is 32.1. The molecule has 8 heteroatoms. The number of aryl methyl sites for hydroxylation is 1. The van der Waals surface area contributed by atoms with Gasteiger partial charge in [-0.05, 0) is 61.6 Å². The normalized spacial score (nSPS) is 15.9. The lowest BCUT2D eigenvalue weighted by Crippen LogP contribution is -2.37. The predicted octanol–water partition coefficient (Wildman–Crippen LogP) is 4.69. The van der Waals surface area contributed by atoms with Gasteiger partial charge >= 0.3 is 0 Å². The van der Waals surface area contributed by atoms with E-state index in [9.17, 15) is 9.18 Å². The van der Waals surface area contributed by atoms with Crippen LogP contribution in [0.1, 0.15) is 33.9 Å². The number of likely N-dealkylation sites (tertiary alicyclic amines) is 1. The highest BCUT2D eigenvalue weighted by molar-refractivity contribution is 7.15. The molecule has 1 aliphatic heterocycles. The smallest absolute Gasteiger partial charge is 0.274 e. The molecule has 0 unspecified atom stereocenters. The average Bonchev–Trinajstić information content (AvgIpc) is 3.55. The average molecular weight is 448 g/mol. The Morgan fingerprint density at radius 1 is 1.16 bits per heavy atom. The quantitative estimate of drug-likeness (QED) is 0.445. The van der Waals surface area contributed by atoms with Crippen LogP contribution in [0.25, 0.3) is 16.1 Å². The summed E-state index contributed by atoms with van der Waals surface area (Å²) in [6, 6.07) is 14.4. The molecule has 0 radical (unpaired) electrons. The van der Waals surface area contributed by atoms with Crippen molar-refractivity contribution in [2.45, 2.75) is 32.2 Å². The molecular formula is C24H22FN5OS. The molecule has 1 saturated heterocycles. The van der Waals surface area contributed by atoms with Gasteiger partial charge in [-0.3, -0.25) is 4.79 Å². The van der Waals surface area contributed by atoms with E-state index in [0.717, 1.165) is 46.0 Å². The second-order valence-corrected chi connectivity index (χ2v) is 9.11. The maximum Gasteiger partial charge on any atom is 0.274 e. The van der Waals surface area contributed by atoms with E-state index < -0.39 is 0 Å². The molecule has 5 rings (SSSR count). The Bertz CT molecular complexity index is 1240. The highest BCUT2D eigenvalue weighted by Gasteiger charge is 2.32. The lowest BCUT2D eigenvalue weighted by molar-refractivity contribution is 0.0732. The number of thiazole rings is 1. The lowest BCUT2D eigenvalue weighted by Gasteiger charge is -2.24. The minimum atomic E-state index is -0.296. The molecule has 3 heterocycles. The fraction of sp³-hybridized carbons (Fsp3) is 0.250. The second-order valence-electron chi connectivity index (χ2n) is 7.90. The molecule has 1 aliphatic rings. The first kappa shape index (κ1) is 20.5. The van der Waals surface area contributed by atoms with E-state index in [4.69, 9.17) is 0 Å². The molecule has 0 aliphatic carbocycles. The van der Waals surface area contributed by atoms with Crippen molar-refractivity contribution in [2.75, 3.05) is 6.54 Å². The van der Waals surface area contributed by atoms with Crippen LogP contribution in [0, 0.1) is 12.7 Å². The van der Waals surface area contributed by atoms with Crippen LogP contribution < -0.4 is 0 Å². The summed E-state index contributed by atoms with van der Waals surface area (Å²) in [5.41, 5.74) is 3.31. The van der Waals surface area contributed by atoms with E-state index in [-0.39, 0.29) is 17.8 Å². The Morgan fingerprint density at radius 3 is 2.72 bits per heavy atom. The van der Waals surface area contributed by atoms with Crippen LogP contribution in [-0.4, -0.2) is 43.4 Å². The van der Waals surface area contributed by atoms with Crippen molar-refractivity contribution in [3.63, 3.8) is 0 Å². The Hall–Kier alpha value is -3.39. The van der Waals surface area contributed by atoms with Crippen LogP contribution in [0.5, 0.6) is 0 Å².